The summed E-state index contributed by atoms with van der Waals surface area (Å²) in [4.78, 5) is 15.8. The number of aromatic nitrogens is 2. The van der Waals surface area contributed by atoms with Gasteiger partial charge in [0.1, 0.15) is 12.3 Å². The molecular weight excluding hydrogens is 498 g/mol. The summed E-state index contributed by atoms with van der Waals surface area (Å²) in [5.41, 5.74) is 6.71. The van der Waals surface area contributed by atoms with Gasteiger partial charge in [-0.15, -0.1) is 0 Å². The van der Waals surface area contributed by atoms with Gasteiger partial charge in [0.25, 0.3) is 5.82 Å². The van der Waals surface area contributed by atoms with E-state index in [-0.39, 0.29) is 23.6 Å². The predicted octanol–water partition coefficient (Wildman–Crippen LogP) is 5.60. The van der Waals surface area contributed by atoms with Crippen molar-refractivity contribution in [3.63, 3.8) is 0 Å². The lowest BCUT2D eigenvalue weighted by Crippen LogP contribution is -2.39. The summed E-state index contributed by atoms with van der Waals surface area (Å²) in [6.07, 6.45) is 3.63. The van der Waals surface area contributed by atoms with Gasteiger partial charge in [-0.2, -0.15) is 0 Å². The maximum absolute atomic E-state index is 13.6. The Bertz CT molecular complexity index is 1720. The molecule has 1 aliphatic heterocycles. The Morgan fingerprint density at radius 3 is 2.35 bits per heavy atom. The molecule has 2 N–H and O–H groups in total. The van der Waals surface area contributed by atoms with Crippen molar-refractivity contribution >= 4 is 28.6 Å². The summed E-state index contributed by atoms with van der Waals surface area (Å²) in [6.45, 7) is 8.09. The Morgan fingerprint density at radius 1 is 0.925 bits per heavy atom. The van der Waals surface area contributed by atoms with Gasteiger partial charge in [-0.1, -0.05) is 74.5 Å². The highest BCUT2D eigenvalue weighted by Gasteiger charge is 2.42. The molecule has 6 rings (SSSR count). The molecule has 0 saturated carbocycles. The number of ketones is 1. The van der Waals surface area contributed by atoms with Crippen molar-refractivity contribution in [3.05, 3.63) is 124 Å². The van der Waals surface area contributed by atoms with Crippen LogP contribution in [0.4, 0.5) is 5.69 Å². The van der Waals surface area contributed by atoms with Crippen molar-refractivity contribution in [2.45, 2.75) is 45.8 Å². The zero-order chi connectivity index (χ0) is 28.0. The van der Waals surface area contributed by atoms with E-state index in [1.807, 2.05) is 72.2 Å². The minimum atomic E-state index is -0.350. The number of Topliss-reactive ketones (excluding diaryl/α,β-unsaturated/α-hetero) is 1. The Labute approximate surface area is 234 Å². The molecule has 2 heterocycles. The van der Waals surface area contributed by atoms with Crippen molar-refractivity contribution in [3.8, 4) is 0 Å². The van der Waals surface area contributed by atoms with Crippen LogP contribution < -0.4 is 9.47 Å². The molecule has 0 unspecified atom stereocenters. The molecule has 1 aromatic heterocycles. The largest absolute Gasteiger partial charge is 0.506 e. The SMILES string of the molecule is CCn1c(C=C2C(=O)C(C=C3N(Cc4ccccc4)c4ccccc4C3(C)C)=C2O)[n+](CCO)c2ccccc21. The van der Waals surface area contributed by atoms with Crippen LogP contribution in [0.15, 0.2) is 108 Å². The molecule has 40 heavy (non-hydrogen) atoms. The third-order valence-corrected chi connectivity index (χ3v) is 8.19. The fourth-order valence-electron chi connectivity index (χ4n) is 6.15. The molecule has 0 saturated heterocycles. The lowest BCUT2D eigenvalue weighted by molar-refractivity contribution is -0.675. The van der Waals surface area contributed by atoms with Crippen LogP contribution in [0.5, 0.6) is 0 Å². The number of para-hydroxylation sites is 3. The molecule has 202 valence electrons. The number of aliphatic hydroxyl groups excluding tert-OH is 2. The number of aliphatic hydroxyl groups is 2. The lowest BCUT2D eigenvalue weighted by Gasteiger charge is -2.29. The molecule has 0 atom stereocenters. The van der Waals surface area contributed by atoms with Crippen LogP contribution >= 0.6 is 0 Å². The molecule has 4 aromatic rings. The number of anilines is 1. The van der Waals surface area contributed by atoms with Gasteiger partial charge in [-0.05, 0) is 42.3 Å². The topological polar surface area (TPSA) is 69.6 Å². The summed E-state index contributed by atoms with van der Waals surface area (Å²) in [5.74, 6) is 0.603. The molecule has 0 radical (unpaired) electrons. The van der Waals surface area contributed by atoms with E-state index in [9.17, 15) is 15.0 Å². The van der Waals surface area contributed by atoms with Gasteiger partial charge in [0.2, 0.25) is 5.78 Å². The second-order valence-corrected chi connectivity index (χ2v) is 10.9. The Balaban J connectivity index is 1.45. The molecule has 6 nitrogen and oxygen atoms in total. The Morgan fingerprint density at radius 2 is 1.62 bits per heavy atom. The van der Waals surface area contributed by atoms with Crippen LogP contribution in [-0.2, 0) is 29.8 Å². The zero-order valence-electron chi connectivity index (χ0n) is 23.1. The van der Waals surface area contributed by atoms with E-state index >= 15 is 0 Å². The minimum absolute atomic E-state index is 0.00683. The predicted molar refractivity (Wildman–Crippen MR) is 158 cm³/mol. The molecule has 0 fully saturated rings. The minimum Gasteiger partial charge on any atom is -0.506 e. The maximum atomic E-state index is 13.6. The van der Waals surface area contributed by atoms with Gasteiger partial charge in [0, 0.05) is 29.4 Å². The Hall–Kier alpha value is -4.42. The Kier molecular flexibility index (Phi) is 6.43. The number of hydrogen-bond acceptors (Lipinski definition) is 4. The van der Waals surface area contributed by atoms with Crippen LogP contribution in [-0.4, -0.2) is 27.2 Å². The fraction of sp³-hybridized carbons (Fsp3) is 0.235. The molecule has 1 aliphatic carbocycles. The van der Waals surface area contributed by atoms with Gasteiger partial charge in [-0.3, -0.25) is 4.79 Å². The third-order valence-electron chi connectivity index (χ3n) is 8.19. The van der Waals surface area contributed by atoms with E-state index in [1.54, 1.807) is 6.08 Å². The van der Waals surface area contributed by atoms with Crippen molar-refractivity contribution < 1.29 is 19.6 Å². The van der Waals surface area contributed by atoms with Crippen LogP contribution in [0.25, 0.3) is 17.1 Å². The summed E-state index contributed by atoms with van der Waals surface area (Å²) in [6, 6.07) is 26.6. The molecule has 6 heteroatoms. The number of carbonyl (C=O) groups excluding carboxylic acids is 1. The monoisotopic (exact) mass is 532 g/mol. The van der Waals surface area contributed by atoms with E-state index in [1.165, 1.54) is 11.1 Å². The first-order chi connectivity index (χ1) is 19.4. The van der Waals surface area contributed by atoms with E-state index in [2.05, 4.69) is 47.6 Å². The number of imidazole rings is 1. The first-order valence-electron chi connectivity index (χ1n) is 13.8. The fourth-order valence-corrected chi connectivity index (χ4v) is 6.15. The number of benzene rings is 3. The van der Waals surface area contributed by atoms with E-state index in [4.69, 9.17) is 0 Å². The molecule has 0 amide bonds. The number of hydrogen-bond donors (Lipinski definition) is 2. The molecule has 3 aromatic carbocycles. The summed E-state index contributed by atoms with van der Waals surface area (Å²) in [7, 11) is 0. The average molecular weight is 533 g/mol. The smallest absolute Gasteiger partial charge is 0.283 e. The molecule has 2 aliphatic rings. The normalized spacial score (nSPS) is 18.2. The maximum Gasteiger partial charge on any atom is 0.283 e. The van der Waals surface area contributed by atoms with Gasteiger partial charge in [-0.25, -0.2) is 9.13 Å². The van der Waals surface area contributed by atoms with Crippen LogP contribution in [0, 0.1) is 0 Å². The van der Waals surface area contributed by atoms with Gasteiger partial charge < -0.3 is 15.1 Å². The number of allylic oxidation sites excluding steroid dienone is 4. The first-order valence-corrected chi connectivity index (χ1v) is 13.8. The highest BCUT2D eigenvalue weighted by atomic mass is 16.3. The highest BCUT2D eigenvalue weighted by Crippen LogP contribution is 2.49. The van der Waals surface area contributed by atoms with Crippen molar-refractivity contribution in [2.75, 3.05) is 11.5 Å². The summed E-state index contributed by atoms with van der Waals surface area (Å²) < 4.78 is 4.11. The number of nitrogens with zero attached hydrogens (tertiary/aromatic N) is 3. The quantitative estimate of drug-likeness (QED) is 0.240. The van der Waals surface area contributed by atoms with Crippen LogP contribution in [0.3, 0.4) is 0 Å². The second kappa shape index (κ2) is 9.96. The second-order valence-electron chi connectivity index (χ2n) is 10.9. The van der Waals surface area contributed by atoms with Gasteiger partial charge >= 0.3 is 0 Å². The standard InChI is InChI=1S/C34H33N3O3/c1-4-35-28-16-10-11-17-29(28)36(18-19-38)31(35)21-25-32(39)24(33(25)40)20-30-34(2,3)26-14-8-9-15-27(26)37(30)22-23-12-6-5-7-13-23/h5-17,20-21,38H,4,18-19,22H2,1-3H3/p+1. The number of rotatable bonds is 7. The molecule has 0 spiro atoms. The van der Waals surface area contributed by atoms with Crippen molar-refractivity contribution in [1.29, 1.82) is 0 Å². The van der Waals surface area contributed by atoms with E-state index in [0.717, 1.165) is 28.2 Å². The average Bonchev–Trinajstić information content (AvgIpc) is 3.38. The van der Waals surface area contributed by atoms with Crippen molar-refractivity contribution in [2.24, 2.45) is 0 Å². The van der Waals surface area contributed by atoms with Gasteiger partial charge in [0.15, 0.2) is 11.0 Å². The van der Waals surface area contributed by atoms with Crippen LogP contribution in [0.2, 0.25) is 0 Å². The third kappa shape index (κ3) is 3.98. The van der Waals surface area contributed by atoms with Gasteiger partial charge in [0.05, 0.1) is 24.3 Å². The summed E-state index contributed by atoms with van der Waals surface area (Å²) in [5, 5.41) is 21.0. The number of carbonyl (C=O) groups is 1. The molecule has 0 bridgehead atoms. The molecular formula is C34H34N3O3+. The number of aryl methyl sites for hydroxylation is 1. The zero-order valence-corrected chi connectivity index (χ0v) is 23.1. The lowest BCUT2D eigenvalue weighted by atomic mass is 9.80. The van der Waals surface area contributed by atoms with E-state index in [0.29, 0.717) is 30.8 Å². The summed E-state index contributed by atoms with van der Waals surface area (Å²) >= 11 is 0. The number of fused-ring (bicyclic) bond motifs is 2. The van der Waals surface area contributed by atoms with Crippen molar-refractivity contribution in [1.82, 2.24) is 4.57 Å². The first kappa shape index (κ1) is 25.8. The highest BCUT2D eigenvalue weighted by molar-refractivity contribution is 6.23. The van der Waals surface area contributed by atoms with Crippen LogP contribution in [0.1, 0.15) is 37.7 Å². The van der Waals surface area contributed by atoms with E-state index < -0.39 is 0 Å².